The number of benzene rings is 1. The van der Waals surface area contributed by atoms with Crippen molar-refractivity contribution in [1.29, 1.82) is 0 Å². The van der Waals surface area contributed by atoms with Crippen molar-refractivity contribution < 1.29 is 19.2 Å². The Balaban J connectivity index is 2.01. The molecule has 0 saturated carbocycles. The molecule has 0 atom stereocenters. The van der Waals surface area contributed by atoms with Gasteiger partial charge < -0.3 is 14.4 Å². The molecule has 3 rings (SSSR count). The summed E-state index contributed by atoms with van der Waals surface area (Å²) < 4.78 is 10.2. The van der Waals surface area contributed by atoms with Crippen LogP contribution in [-0.4, -0.2) is 21.2 Å². The zero-order valence-corrected chi connectivity index (χ0v) is 10.3. The molecule has 2 aromatic heterocycles. The number of rotatable bonds is 4. The fraction of sp³-hybridized carbons (Fsp3) is 0.0714. The third kappa shape index (κ3) is 2.18. The van der Waals surface area contributed by atoms with Crippen LogP contribution in [0.4, 0.5) is 0 Å². The summed E-state index contributed by atoms with van der Waals surface area (Å²) in [6.45, 7) is 0.170. The average Bonchev–Trinajstić information content (AvgIpc) is 2.97. The maximum Gasteiger partial charge on any atom is 0.340 e. The first-order valence-electron chi connectivity index (χ1n) is 5.88. The second-order valence-electron chi connectivity index (χ2n) is 4.14. The zero-order valence-electron chi connectivity index (χ0n) is 10.3. The Morgan fingerprint density at radius 1 is 1.30 bits per heavy atom. The summed E-state index contributed by atoms with van der Waals surface area (Å²) in [6, 6.07) is 7.03. The predicted molar refractivity (Wildman–Crippen MR) is 69.5 cm³/mol. The smallest absolute Gasteiger partial charge is 0.340 e. The number of hydrogen-bond donors (Lipinski definition) is 1. The summed E-state index contributed by atoms with van der Waals surface area (Å²) in [7, 11) is 0. The van der Waals surface area contributed by atoms with Gasteiger partial charge in [0.15, 0.2) is 5.75 Å². The molecule has 0 fully saturated rings. The van der Waals surface area contributed by atoms with E-state index >= 15 is 0 Å². The molecule has 1 aromatic carbocycles. The number of para-hydroxylation sites is 1. The van der Waals surface area contributed by atoms with Crippen LogP contribution in [0.25, 0.3) is 10.9 Å². The van der Waals surface area contributed by atoms with Crippen LogP contribution in [0.15, 0.2) is 47.4 Å². The Bertz CT molecular complexity index is 753. The first-order chi connectivity index (χ1) is 9.75. The van der Waals surface area contributed by atoms with E-state index in [1.165, 1.54) is 18.7 Å². The van der Waals surface area contributed by atoms with Gasteiger partial charge in [-0.1, -0.05) is 23.4 Å². The maximum atomic E-state index is 11.5. The first-order valence-corrected chi connectivity index (χ1v) is 5.88. The number of aromatic nitrogens is 2. The van der Waals surface area contributed by atoms with Crippen molar-refractivity contribution in [2.45, 2.75) is 6.61 Å². The van der Waals surface area contributed by atoms with E-state index in [1.54, 1.807) is 24.3 Å². The summed E-state index contributed by atoms with van der Waals surface area (Å²) in [5.41, 5.74) is 1.43. The molecule has 20 heavy (non-hydrogen) atoms. The highest BCUT2D eigenvalue weighted by atomic mass is 16.5. The molecule has 6 heteroatoms. The third-order valence-electron chi connectivity index (χ3n) is 2.83. The van der Waals surface area contributed by atoms with Gasteiger partial charge in [-0.3, -0.25) is 4.98 Å². The summed E-state index contributed by atoms with van der Waals surface area (Å²) in [5.74, 6) is -0.832. The minimum absolute atomic E-state index is 0.104. The van der Waals surface area contributed by atoms with E-state index in [0.29, 0.717) is 10.9 Å². The molecule has 0 amide bonds. The third-order valence-corrected chi connectivity index (χ3v) is 2.83. The first kappa shape index (κ1) is 12.2. The van der Waals surface area contributed by atoms with Crippen molar-refractivity contribution in [2.75, 3.05) is 0 Å². The van der Waals surface area contributed by atoms with Gasteiger partial charge in [0.2, 0.25) is 0 Å². The molecule has 100 valence electrons. The summed E-state index contributed by atoms with van der Waals surface area (Å²) >= 11 is 0. The average molecular weight is 270 g/mol. The standard InChI is InChI=1S/C14H10N2O4/c17-14(18)13-10-3-1-2-4-11(10)15-6-12(13)19-7-9-5-16-20-8-9/h1-6,8H,7H2,(H,17,18). The lowest BCUT2D eigenvalue weighted by Gasteiger charge is -2.09. The SMILES string of the molecule is O=C(O)c1c(OCc2cnoc2)cnc2ccccc12. The Labute approximate surface area is 113 Å². The van der Waals surface area contributed by atoms with Crippen molar-refractivity contribution >= 4 is 16.9 Å². The summed E-state index contributed by atoms with van der Waals surface area (Å²) in [6.07, 6.45) is 4.36. The molecular formula is C14H10N2O4. The van der Waals surface area contributed by atoms with E-state index in [1.807, 2.05) is 0 Å². The fourth-order valence-corrected chi connectivity index (χ4v) is 1.91. The number of carboxylic acid groups (broad SMARTS) is 1. The van der Waals surface area contributed by atoms with Gasteiger partial charge in [0.25, 0.3) is 0 Å². The van der Waals surface area contributed by atoms with Crippen molar-refractivity contribution in [2.24, 2.45) is 0 Å². The summed E-state index contributed by atoms with van der Waals surface area (Å²) in [4.78, 5) is 15.7. The van der Waals surface area contributed by atoms with Gasteiger partial charge in [-0.25, -0.2) is 4.79 Å². The van der Waals surface area contributed by atoms with E-state index in [-0.39, 0.29) is 17.9 Å². The van der Waals surface area contributed by atoms with E-state index in [2.05, 4.69) is 14.7 Å². The molecule has 1 N–H and O–H groups in total. The number of pyridine rings is 1. The van der Waals surface area contributed by atoms with E-state index < -0.39 is 5.97 Å². The molecule has 0 bridgehead atoms. The quantitative estimate of drug-likeness (QED) is 0.783. The lowest BCUT2D eigenvalue weighted by atomic mass is 10.1. The number of ether oxygens (including phenoxy) is 1. The van der Waals surface area contributed by atoms with Crippen LogP contribution in [0, 0.1) is 0 Å². The normalized spacial score (nSPS) is 10.6. The molecule has 0 unspecified atom stereocenters. The monoisotopic (exact) mass is 270 g/mol. The predicted octanol–water partition coefficient (Wildman–Crippen LogP) is 2.50. The molecule has 0 aliphatic rings. The van der Waals surface area contributed by atoms with Gasteiger partial charge in [-0.2, -0.15) is 0 Å². The van der Waals surface area contributed by atoms with Crippen molar-refractivity contribution in [1.82, 2.24) is 10.1 Å². The van der Waals surface area contributed by atoms with Gasteiger partial charge >= 0.3 is 5.97 Å². The van der Waals surface area contributed by atoms with Crippen molar-refractivity contribution in [3.05, 3.63) is 54.0 Å². The van der Waals surface area contributed by atoms with E-state index in [4.69, 9.17) is 4.74 Å². The molecule has 6 nitrogen and oxygen atoms in total. The number of aromatic carboxylic acids is 1. The fourth-order valence-electron chi connectivity index (χ4n) is 1.91. The van der Waals surface area contributed by atoms with Crippen LogP contribution < -0.4 is 4.74 Å². The topological polar surface area (TPSA) is 85.5 Å². The number of carboxylic acids is 1. The molecule has 0 saturated heterocycles. The number of hydrogen-bond acceptors (Lipinski definition) is 5. The highest BCUT2D eigenvalue weighted by molar-refractivity contribution is 6.04. The second-order valence-corrected chi connectivity index (χ2v) is 4.14. The minimum Gasteiger partial charge on any atom is -0.486 e. The van der Waals surface area contributed by atoms with Crippen molar-refractivity contribution in [3.8, 4) is 5.75 Å². The van der Waals surface area contributed by atoms with Gasteiger partial charge in [-0.05, 0) is 6.07 Å². The highest BCUT2D eigenvalue weighted by Gasteiger charge is 2.16. The van der Waals surface area contributed by atoms with Crippen LogP contribution in [0.2, 0.25) is 0 Å². The largest absolute Gasteiger partial charge is 0.486 e. The minimum atomic E-state index is -1.05. The highest BCUT2D eigenvalue weighted by Crippen LogP contribution is 2.26. The second kappa shape index (κ2) is 5.00. The lowest BCUT2D eigenvalue weighted by Crippen LogP contribution is -2.05. The van der Waals surface area contributed by atoms with Gasteiger partial charge in [0, 0.05) is 10.9 Å². The van der Waals surface area contributed by atoms with Crippen molar-refractivity contribution in [3.63, 3.8) is 0 Å². The molecule has 0 aliphatic carbocycles. The van der Waals surface area contributed by atoms with Gasteiger partial charge in [-0.15, -0.1) is 0 Å². The number of carbonyl (C=O) groups is 1. The molecule has 2 heterocycles. The Morgan fingerprint density at radius 3 is 2.90 bits per heavy atom. The molecule has 3 aromatic rings. The van der Waals surface area contributed by atoms with E-state index in [9.17, 15) is 9.90 Å². The number of fused-ring (bicyclic) bond motifs is 1. The maximum absolute atomic E-state index is 11.5. The Hall–Kier alpha value is -2.89. The molecular weight excluding hydrogens is 260 g/mol. The lowest BCUT2D eigenvalue weighted by molar-refractivity contribution is 0.0694. The Kier molecular flexibility index (Phi) is 3.04. The Morgan fingerprint density at radius 2 is 2.15 bits per heavy atom. The van der Waals surface area contributed by atoms with Crippen LogP contribution in [0.3, 0.4) is 0 Å². The molecule has 0 radical (unpaired) electrons. The zero-order chi connectivity index (χ0) is 13.9. The number of nitrogens with zero attached hydrogens (tertiary/aromatic N) is 2. The van der Waals surface area contributed by atoms with Crippen LogP contribution in [-0.2, 0) is 6.61 Å². The van der Waals surface area contributed by atoms with Crippen LogP contribution in [0.5, 0.6) is 5.75 Å². The summed E-state index contributed by atoms with van der Waals surface area (Å²) in [5, 5.41) is 13.5. The van der Waals surface area contributed by atoms with Crippen LogP contribution in [0.1, 0.15) is 15.9 Å². The van der Waals surface area contributed by atoms with E-state index in [0.717, 1.165) is 5.56 Å². The van der Waals surface area contributed by atoms with Crippen LogP contribution >= 0.6 is 0 Å². The van der Waals surface area contributed by atoms with Gasteiger partial charge in [0.05, 0.1) is 17.9 Å². The molecule has 0 aliphatic heterocycles. The van der Waals surface area contributed by atoms with Gasteiger partial charge in [0.1, 0.15) is 18.4 Å². The molecule has 0 spiro atoms.